The van der Waals surface area contributed by atoms with E-state index in [-0.39, 0.29) is 17.2 Å². The summed E-state index contributed by atoms with van der Waals surface area (Å²) in [5.41, 5.74) is 4.68. The van der Waals surface area contributed by atoms with Crippen LogP contribution in [-0.4, -0.2) is 23.4 Å². The zero-order valence-electron chi connectivity index (χ0n) is 15.9. The molecule has 0 aliphatic heterocycles. The molecule has 27 heavy (non-hydrogen) atoms. The molecule has 1 aromatic heterocycles. The van der Waals surface area contributed by atoms with Crippen molar-refractivity contribution >= 4 is 22.7 Å². The molecule has 1 aliphatic carbocycles. The van der Waals surface area contributed by atoms with E-state index < -0.39 is 0 Å². The molecule has 0 saturated carbocycles. The van der Waals surface area contributed by atoms with Gasteiger partial charge in [-0.1, -0.05) is 44.2 Å². The number of carbonyl (C=O) groups excluding carboxylic acids is 2. The number of ether oxygens (including phenoxy) is 1. The lowest BCUT2D eigenvalue weighted by Crippen LogP contribution is -2.28. The number of nitrogens with zero attached hydrogens (tertiary/aromatic N) is 1. The average molecular weight is 361 g/mol. The van der Waals surface area contributed by atoms with Crippen LogP contribution < -0.4 is 0 Å². The van der Waals surface area contributed by atoms with E-state index in [1.165, 1.54) is 7.11 Å². The van der Waals surface area contributed by atoms with Gasteiger partial charge >= 0.3 is 5.97 Å². The summed E-state index contributed by atoms with van der Waals surface area (Å²) in [6, 6.07) is 15.6. The van der Waals surface area contributed by atoms with Crippen LogP contribution in [0.1, 0.15) is 52.2 Å². The summed E-state index contributed by atoms with van der Waals surface area (Å²) in [4.78, 5) is 24.5. The zero-order chi connectivity index (χ0) is 19.2. The summed E-state index contributed by atoms with van der Waals surface area (Å²) >= 11 is 0. The van der Waals surface area contributed by atoms with Crippen LogP contribution in [0.3, 0.4) is 0 Å². The highest BCUT2D eigenvalue weighted by atomic mass is 16.5. The minimum absolute atomic E-state index is 0.0368. The van der Waals surface area contributed by atoms with Gasteiger partial charge in [0.05, 0.1) is 12.7 Å². The number of rotatable bonds is 3. The van der Waals surface area contributed by atoms with Gasteiger partial charge in [0, 0.05) is 35.1 Å². The molecule has 0 spiro atoms. The summed E-state index contributed by atoms with van der Waals surface area (Å²) in [6.45, 7) is 4.97. The van der Waals surface area contributed by atoms with Gasteiger partial charge in [0.2, 0.25) is 0 Å². The van der Waals surface area contributed by atoms with Gasteiger partial charge in [-0.25, -0.2) is 4.79 Å². The summed E-state index contributed by atoms with van der Waals surface area (Å²) in [6.07, 6.45) is 1.46. The molecule has 4 heteroatoms. The van der Waals surface area contributed by atoms with E-state index in [2.05, 4.69) is 24.5 Å². The normalized spacial score (nSPS) is 15.6. The van der Waals surface area contributed by atoms with E-state index in [9.17, 15) is 9.59 Å². The molecule has 0 N–H and O–H groups in total. The second-order valence-electron chi connectivity index (χ2n) is 8.05. The van der Waals surface area contributed by atoms with E-state index in [4.69, 9.17) is 4.74 Å². The third-order valence-corrected chi connectivity index (χ3v) is 5.36. The molecule has 138 valence electrons. The number of fused-ring (bicyclic) bond motifs is 3. The van der Waals surface area contributed by atoms with Crippen LogP contribution in [0.15, 0.2) is 48.5 Å². The second kappa shape index (κ2) is 6.38. The molecule has 3 aromatic rings. The molecule has 2 aromatic carbocycles. The first-order valence-electron chi connectivity index (χ1n) is 9.20. The van der Waals surface area contributed by atoms with Crippen LogP contribution in [0.5, 0.6) is 0 Å². The number of esters is 1. The Kier molecular flexibility index (Phi) is 4.14. The fourth-order valence-corrected chi connectivity index (χ4v) is 4.12. The molecule has 1 aliphatic rings. The van der Waals surface area contributed by atoms with E-state index >= 15 is 0 Å². The van der Waals surface area contributed by atoms with Crippen molar-refractivity contribution in [2.24, 2.45) is 5.41 Å². The Hall–Kier alpha value is -2.88. The monoisotopic (exact) mass is 361 g/mol. The molecular weight excluding hydrogens is 338 g/mol. The van der Waals surface area contributed by atoms with Gasteiger partial charge in [-0.15, -0.1) is 0 Å². The fourth-order valence-electron chi connectivity index (χ4n) is 4.12. The van der Waals surface area contributed by atoms with Gasteiger partial charge in [-0.05, 0) is 35.6 Å². The van der Waals surface area contributed by atoms with Crippen molar-refractivity contribution in [3.63, 3.8) is 0 Å². The quantitative estimate of drug-likeness (QED) is 0.639. The SMILES string of the molecule is COC(=O)c1ccc(Cn2c3c(c4ccccc42)C(=O)CC(C)(C)C3)cc1. The first-order valence-corrected chi connectivity index (χ1v) is 9.20. The Morgan fingerprint density at radius 1 is 1.07 bits per heavy atom. The maximum absolute atomic E-state index is 12.9. The summed E-state index contributed by atoms with van der Waals surface area (Å²) < 4.78 is 7.03. The highest BCUT2D eigenvalue weighted by molar-refractivity contribution is 6.10. The first kappa shape index (κ1) is 17.5. The minimum Gasteiger partial charge on any atom is -0.465 e. The number of ketones is 1. The molecule has 0 amide bonds. The van der Waals surface area contributed by atoms with Gasteiger partial charge in [0.25, 0.3) is 0 Å². The Labute approximate surface area is 158 Å². The molecule has 0 bridgehead atoms. The first-order chi connectivity index (χ1) is 12.9. The van der Waals surface area contributed by atoms with Crippen LogP contribution in [0.25, 0.3) is 10.9 Å². The molecular formula is C23H23NO3. The second-order valence-corrected chi connectivity index (χ2v) is 8.05. The third-order valence-electron chi connectivity index (χ3n) is 5.36. The molecule has 0 fully saturated rings. The van der Waals surface area contributed by atoms with Crippen LogP contribution in [0.4, 0.5) is 0 Å². The number of benzene rings is 2. The fraction of sp³-hybridized carbons (Fsp3) is 0.304. The number of hydrogen-bond acceptors (Lipinski definition) is 3. The van der Waals surface area contributed by atoms with Crippen molar-refractivity contribution in [1.29, 1.82) is 0 Å². The molecule has 0 radical (unpaired) electrons. The predicted molar refractivity (Wildman–Crippen MR) is 105 cm³/mol. The van der Waals surface area contributed by atoms with Crippen LogP contribution >= 0.6 is 0 Å². The average Bonchev–Trinajstić information content (AvgIpc) is 2.94. The highest BCUT2D eigenvalue weighted by Crippen LogP contribution is 2.40. The van der Waals surface area contributed by atoms with Crippen LogP contribution in [-0.2, 0) is 17.7 Å². The maximum Gasteiger partial charge on any atom is 0.337 e. The van der Waals surface area contributed by atoms with Crippen molar-refractivity contribution in [1.82, 2.24) is 4.57 Å². The Bertz CT molecular complexity index is 1040. The zero-order valence-corrected chi connectivity index (χ0v) is 15.9. The highest BCUT2D eigenvalue weighted by Gasteiger charge is 2.35. The number of Topliss-reactive ketones (excluding diaryl/α,β-unsaturated/α-hetero) is 1. The van der Waals surface area contributed by atoms with E-state index in [0.717, 1.165) is 34.1 Å². The van der Waals surface area contributed by atoms with Crippen LogP contribution in [0.2, 0.25) is 0 Å². The summed E-state index contributed by atoms with van der Waals surface area (Å²) in [5, 5.41) is 1.04. The maximum atomic E-state index is 12.9. The smallest absolute Gasteiger partial charge is 0.337 e. The van der Waals surface area contributed by atoms with Crippen LogP contribution in [0, 0.1) is 5.41 Å². The molecule has 1 heterocycles. The number of para-hydroxylation sites is 1. The van der Waals surface area contributed by atoms with E-state index in [1.54, 1.807) is 12.1 Å². The van der Waals surface area contributed by atoms with Crippen molar-refractivity contribution < 1.29 is 14.3 Å². The molecule has 0 saturated heterocycles. The van der Waals surface area contributed by atoms with Crippen molar-refractivity contribution in [2.45, 2.75) is 33.2 Å². The number of hydrogen-bond donors (Lipinski definition) is 0. The number of aromatic nitrogens is 1. The lowest BCUT2D eigenvalue weighted by molar-refractivity contribution is 0.0600. The topological polar surface area (TPSA) is 48.3 Å². The lowest BCUT2D eigenvalue weighted by Gasteiger charge is -2.30. The largest absolute Gasteiger partial charge is 0.465 e. The molecule has 0 unspecified atom stereocenters. The number of carbonyl (C=O) groups is 2. The summed E-state index contributed by atoms with van der Waals surface area (Å²) in [7, 11) is 1.38. The van der Waals surface area contributed by atoms with E-state index in [1.807, 2.05) is 30.3 Å². The number of methoxy groups -OCH3 is 1. The Balaban J connectivity index is 1.80. The predicted octanol–water partition coefficient (Wildman–Crippen LogP) is 4.63. The van der Waals surface area contributed by atoms with Crippen molar-refractivity contribution in [2.75, 3.05) is 7.11 Å². The summed E-state index contributed by atoms with van der Waals surface area (Å²) in [5.74, 6) is -0.102. The lowest BCUT2D eigenvalue weighted by atomic mass is 9.75. The molecule has 0 atom stereocenters. The molecule has 4 nitrogen and oxygen atoms in total. The Morgan fingerprint density at radius 2 is 1.78 bits per heavy atom. The van der Waals surface area contributed by atoms with Crippen molar-refractivity contribution in [3.05, 3.63) is 70.9 Å². The van der Waals surface area contributed by atoms with Crippen molar-refractivity contribution in [3.8, 4) is 0 Å². The van der Waals surface area contributed by atoms with Gasteiger partial charge in [-0.3, -0.25) is 4.79 Å². The Morgan fingerprint density at radius 3 is 2.48 bits per heavy atom. The van der Waals surface area contributed by atoms with E-state index in [0.29, 0.717) is 18.5 Å². The van der Waals surface area contributed by atoms with Gasteiger partial charge in [0.1, 0.15) is 0 Å². The molecule has 4 rings (SSSR count). The van der Waals surface area contributed by atoms with Gasteiger partial charge in [-0.2, -0.15) is 0 Å². The minimum atomic E-state index is -0.335. The standard InChI is InChI=1S/C23H23NO3/c1-23(2)12-19-21(20(25)13-23)17-6-4-5-7-18(17)24(19)14-15-8-10-16(11-9-15)22(26)27-3/h4-11H,12-14H2,1-3H3. The van der Waals surface area contributed by atoms with Gasteiger partial charge < -0.3 is 9.30 Å². The van der Waals surface area contributed by atoms with Gasteiger partial charge in [0.15, 0.2) is 5.78 Å². The third kappa shape index (κ3) is 3.05.